The molecule has 0 radical (unpaired) electrons. The Bertz CT molecular complexity index is 408. The SMILES string of the molecule is O=C1CC(Cl)CN1c1cccc(Cl)c1O. The summed E-state index contributed by atoms with van der Waals surface area (Å²) in [6, 6.07) is 4.90. The second-order valence-corrected chi connectivity index (χ2v) is 4.44. The predicted molar refractivity (Wildman–Crippen MR) is 59.7 cm³/mol. The molecule has 1 aromatic carbocycles. The number of nitrogens with zero attached hydrogens (tertiary/aromatic N) is 1. The number of anilines is 1. The molecule has 1 atom stereocenters. The molecule has 1 N–H and O–H groups in total. The lowest BCUT2D eigenvalue weighted by Crippen LogP contribution is -2.24. The van der Waals surface area contributed by atoms with Crippen LogP contribution in [0.2, 0.25) is 5.02 Å². The van der Waals surface area contributed by atoms with Crippen molar-refractivity contribution in [3.63, 3.8) is 0 Å². The summed E-state index contributed by atoms with van der Waals surface area (Å²) in [5.41, 5.74) is 0.427. The maximum atomic E-state index is 11.5. The summed E-state index contributed by atoms with van der Waals surface area (Å²) in [5.74, 6) is -0.161. The number of phenols is 1. The van der Waals surface area contributed by atoms with Gasteiger partial charge in [-0.25, -0.2) is 0 Å². The Morgan fingerprint density at radius 3 is 2.80 bits per heavy atom. The van der Waals surface area contributed by atoms with Crippen LogP contribution in [0.4, 0.5) is 5.69 Å². The van der Waals surface area contributed by atoms with E-state index >= 15 is 0 Å². The van der Waals surface area contributed by atoms with Crippen molar-refractivity contribution in [2.24, 2.45) is 0 Å². The van der Waals surface area contributed by atoms with E-state index in [1.807, 2.05) is 0 Å². The van der Waals surface area contributed by atoms with Crippen LogP contribution >= 0.6 is 23.2 Å². The van der Waals surface area contributed by atoms with Crippen molar-refractivity contribution in [2.45, 2.75) is 11.8 Å². The van der Waals surface area contributed by atoms with Crippen LogP contribution < -0.4 is 4.90 Å². The molecular weight excluding hydrogens is 237 g/mol. The number of hydrogen-bond donors (Lipinski definition) is 1. The summed E-state index contributed by atoms with van der Waals surface area (Å²) in [7, 11) is 0. The number of carbonyl (C=O) groups excluding carboxylic acids is 1. The minimum Gasteiger partial charge on any atom is -0.504 e. The monoisotopic (exact) mass is 245 g/mol. The first-order valence-electron chi connectivity index (χ1n) is 4.51. The van der Waals surface area contributed by atoms with Gasteiger partial charge in [-0.1, -0.05) is 17.7 Å². The van der Waals surface area contributed by atoms with E-state index in [9.17, 15) is 9.90 Å². The fraction of sp³-hybridized carbons (Fsp3) is 0.300. The average Bonchev–Trinajstić information content (AvgIpc) is 2.50. The minimum atomic E-state index is -0.198. The fourth-order valence-corrected chi connectivity index (χ4v) is 2.06. The highest BCUT2D eigenvalue weighted by Gasteiger charge is 2.30. The Labute approximate surface area is 97.2 Å². The Morgan fingerprint density at radius 1 is 1.47 bits per heavy atom. The lowest BCUT2D eigenvalue weighted by atomic mass is 10.2. The largest absolute Gasteiger partial charge is 0.504 e. The summed E-state index contributed by atoms with van der Waals surface area (Å²) in [4.78, 5) is 13.0. The Kier molecular flexibility index (Phi) is 2.76. The normalized spacial score (nSPS) is 21.1. The third-order valence-corrected chi connectivity index (χ3v) is 2.93. The summed E-state index contributed by atoms with van der Waals surface area (Å²) in [6.45, 7) is 0.411. The maximum Gasteiger partial charge on any atom is 0.228 e. The van der Waals surface area contributed by atoms with Gasteiger partial charge < -0.3 is 10.0 Å². The van der Waals surface area contributed by atoms with E-state index in [1.165, 1.54) is 4.90 Å². The molecule has 0 bridgehead atoms. The highest BCUT2D eigenvalue weighted by Crippen LogP contribution is 2.36. The van der Waals surface area contributed by atoms with Gasteiger partial charge in [-0.05, 0) is 12.1 Å². The molecule has 15 heavy (non-hydrogen) atoms. The molecule has 1 aliphatic heterocycles. The van der Waals surface area contributed by atoms with Gasteiger partial charge in [0.2, 0.25) is 5.91 Å². The standard InChI is InChI=1S/C10H9Cl2NO2/c11-6-4-9(14)13(5-6)8-3-1-2-7(12)10(8)15/h1-3,6,15H,4-5H2. The van der Waals surface area contributed by atoms with Crippen LogP contribution in [0.15, 0.2) is 18.2 Å². The second kappa shape index (κ2) is 3.91. The van der Waals surface area contributed by atoms with Crippen molar-refractivity contribution in [3.05, 3.63) is 23.2 Å². The molecule has 5 heteroatoms. The molecule has 3 nitrogen and oxygen atoms in total. The molecule has 1 unspecified atom stereocenters. The van der Waals surface area contributed by atoms with E-state index in [0.29, 0.717) is 18.7 Å². The molecule has 0 saturated carbocycles. The predicted octanol–water partition coefficient (Wildman–Crippen LogP) is 2.39. The number of amides is 1. The van der Waals surface area contributed by atoms with Gasteiger partial charge in [0.15, 0.2) is 5.75 Å². The molecule has 1 saturated heterocycles. The molecule has 1 fully saturated rings. The van der Waals surface area contributed by atoms with Gasteiger partial charge in [0.05, 0.1) is 16.1 Å². The third kappa shape index (κ3) is 1.90. The van der Waals surface area contributed by atoms with E-state index in [2.05, 4.69) is 0 Å². The first-order valence-corrected chi connectivity index (χ1v) is 5.33. The molecular formula is C10H9Cl2NO2. The number of halogens is 2. The van der Waals surface area contributed by atoms with Crippen LogP contribution in [0.1, 0.15) is 6.42 Å². The van der Waals surface area contributed by atoms with E-state index in [0.717, 1.165) is 0 Å². The molecule has 0 aliphatic carbocycles. The highest BCUT2D eigenvalue weighted by molar-refractivity contribution is 6.32. The molecule has 0 aromatic heterocycles. The lowest BCUT2D eigenvalue weighted by Gasteiger charge is -2.17. The number of para-hydroxylation sites is 1. The summed E-state index contributed by atoms with van der Waals surface area (Å²) < 4.78 is 0. The molecule has 80 valence electrons. The maximum absolute atomic E-state index is 11.5. The summed E-state index contributed by atoms with van der Waals surface area (Å²) in [6.07, 6.45) is 0.299. The smallest absolute Gasteiger partial charge is 0.228 e. The molecule has 1 heterocycles. The van der Waals surface area contributed by atoms with Gasteiger partial charge >= 0.3 is 0 Å². The number of hydrogen-bond acceptors (Lipinski definition) is 2. The van der Waals surface area contributed by atoms with Crippen molar-refractivity contribution in [3.8, 4) is 5.75 Å². The van der Waals surface area contributed by atoms with Crippen molar-refractivity contribution < 1.29 is 9.90 Å². The topological polar surface area (TPSA) is 40.5 Å². The van der Waals surface area contributed by atoms with E-state index in [-0.39, 0.29) is 22.1 Å². The number of phenolic OH excluding ortho intramolecular Hbond substituents is 1. The van der Waals surface area contributed by atoms with Gasteiger partial charge in [0, 0.05) is 13.0 Å². The number of aromatic hydroxyl groups is 1. The van der Waals surface area contributed by atoms with Crippen LogP contribution in [0.5, 0.6) is 5.75 Å². The van der Waals surface area contributed by atoms with Crippen LogP contribution in [0.25, 0.3) is 0 Å². The summed E-state index contributed by atoms with van der Waals surface area (Å²) >= 11 is 11.6. The molecule has 1 aromatic rings. The van der Waals surface area contributed by atoms with Gasteiger partial charge in [-0.3, -0.25) is 4.79 Å². The first kappa shape index (κ1) is 10.6. The Hall–Kier alpha value is -0.930. The van der Waals surface area contributed by atoms with Gasteiger partial charge in [0.25, 0.3) is 0 Å². The second-order valence-electron chi connectivity index (χ2n) is 3.41. The quantitative estimate of drug-likeness (QED) is 0.773. The van der Waals surface area contributed by atoms with Crippen LogP contribution in [-0.2, 0) is 4.79 Å². The number of carbonyl (C=O) groups is 1. The average molecular weight is 246 g/mol. The molecule has 2 rings (SSSR count). The number of rotatable bonds is 1. The molecule has 1 aliphatic rings. The zero-order chi connectivity index (χ0) is 11.0. The van der Waals surface area contributed by atoms with Crippen molar-refractivity contribution in [1.82, 2.24) is 0 Å². The Balaban J connectivity index is 2.38. The van der Waals surface area contributed by atoms with Crippen molar-refractivity contribution in [2.75, 3.05) is 11.4 Å². The van der Waals surface area contributed by atoms with Crippen LogP contribution in [0, 0.1) is 0 Å². The highest BCUT2D eigenvalue weighted by atomic mass is 35.5. The van der Waals surface area contributed by atoms with E-state index in [1.54, 1.807) is 18.2 Å². The van der Waals surface area contributed by atoms with E-state index in [4.69, 9.17) is 23.2 Å². The molecule has 0 spiro atoms. The minimum absolute atomic E-state index is 0.0710. The molecule has 1 amide bonds. The zero-order valence-corrected chi connectivity index (χ0v) is 9.29. The van der Waals surface area contributed by atoms with Gasteiger partial charge in [-0.2, -0.15) is 0 Å². The third-order valence-electron chi connectivity index (χ3n) is 2.33. The summed E-state index contributed by atoms with van der Waals surface area (Å²) in [5, 5.41) is 9.73. The van der Waals surface area contributed by atoms with Crippen molar-refractivity contribution >= 4 is 34.8 Å². The van der Waals surface area contributed by atoms with Gasteiger partial charge in [-0.15, -0.1) is 11.6 Å². The first-order chi connectivity index (χ1) is 7.09. The van der Waals surface area contributed by atoms with Crippen molar-refractivity contribution in [1.29, 1.82) is 0 Å². The van der Waals surface area contributed by atoms with Gasteiger partial charge in [0.1, 0.15) is 0 Å². The van der Waals surface area contributed by atoms with E-state index < -0.39 is 0 Å². The van der Waals surface area contributed by atoms with Crippen LogP contribution in [0.3, 0.4) is 0 Å². The fourth-order valence-electron chi connectivity index (χ4n) is 1.62. The number of benzene rings is 1. The van der Waals surface area contributed by atoms with Crippen LogP contribution in [-0.4, -0.2) is 22.9 Å². The zero-order valence-electron chi connectivity index (χ0n) is 7.78. The Morgan fingerprint density at radius 2 is 2.20 bits per heavy atom. The number of alkyl halides is 1. The lowest BCUT2D eigenvalue weighted by molar-refractivity contribution is -0.117.